The smallest absolute Gasteiger partial charge is 0.251 e. The van der Waals surface area contributed by atoms with Gasteiger partial charge in [-0.1, -0.05) is 36.9 Å². The molecule has 2 saturated heterocycles. The molecule has 3 fully saturated rings. The summed E-state index contributed by atoms with van der Waals surface area (Å²) in [5.41, 5.74) is 6.86. The predicted octanol–water partition coefficient (Wildman–Crippen LogP) is 3.43. The minimum Gasteiger partial charge on any atom is -0.369 e. The highest BCUT2D eigenvalue weighted by atomic mass is 35.5. The SMILES string of the molecule is Cc1ccc(N2C(=O)CC(N3CCC(C(N)=O)(C4CCCCC4)CC3)C2=O)cc1Cl. The maximum Gasteiger partial charge on any atom is 0.251 e. The summed E-state index contributed by atoms with van der Waals surface area (Å²) in [5, 5.41) is 0.535. The van der Waals surface area contributed by atoms with Gasteiger partial charge in [0.05, 0.1) is 23.6 Å². The molecule has 30 heavy (non-hydrogen) atoms. The molecular formula is C23H30ClN3O3. The molecule has 1 aliphatic carbocycles. The van der Waals surface area contributed by atoms with Crippen molar-refractivity contribution in [3.05, 3.63) is 28.8 Å². The van der Waals surface area contributed by atoms with Gasteiger partial charge in [-0.25, -0.2) is 4.90 Å². The maximum absolute atomic E-state index is 13.1. The average Bonchev–Trinajstić information content (AvgIpc) is 3.04. The third kappa shape index (κ3) is 3.65. The number of nitrogens with two attached hydrogens (primary N) is 1. The molecule has 0 radical (unpaired) electrons. The minimum atomic E-state index is -0.477. The molecule has 0 bridgehead atoms. The lowest BCUT2D eigenvalue weighted by molar-refractivity contribution is -0.137. The number of rotatable bonds is 4. The molecule has 0 aromatic heterocycles. The first-order chi connectivity index (χ1) is 14.3. The van der Waals surface area contributed by atoms with Crippen molar-refractivity contribution in [1.82, 2.24) is 4.90 Å². The quantitative estimate of drug-likeness (QED) is 0.740. The summed E-state index contributed by atoms with van der Waals surface area (Å²) >= 11 is 6.20. The first kappa shape index (κ1) is 21.3. The summed E-state index contributed by atoms with van der Waals surface area (Å²) in [5.74, 6) is -0.259. The zero-order valence-electron chi connectivity index (χ0n) is 17.5. The lowest BCUT2D eigenvalue weighted by Crippen LogP contribution is -2.54. The van der Waals surface area contributed by atoms with Gasteiger partial charge in [0, 0.05) is 5.02 Å². The number of anilines is 1. The topological polar surface area (TPSA) is 83.7 Å². The molecule has 1 saturated carbocycles. The van der Waals surface area contributed by atoms with E-state index in [0.29, 0.717) is 42.6 Å². The standard InChI is InChI=1S/C23H30ClN3O3/c1-15-7-8-17(13-18(15)24)27-20(28)14-19(21(27)29)26-11-9-23(10-12-26,22(25)30)16-5-3-2-4-6-16/h7-8,13,16,19H,2-6,9-12,14H2,1H3,(H2,25,30). The molecule has 1 unspecified atom stereocenters. The van der Waals surface area contributed by atoms with Crippen LogP contribution >= 0.6 is 11.6 Å². The number of piperidine rings is 1. The lowest BCUT2D eigenvalue weighted by atomic mass is 9.63. The monoisotopic (exact) mass is 431 g/mol. The Bertz CT molecular complexity index is 857. The van der Waals surface area contributed by atoms with E-state index in [4.69, 9.17) is 17.3 Å². The van der Waals surface area contributed by atoms with Gasteiger partial charge in [-0.05, 0) is 69.3 Å². The third-order valence-corrected chi connectivity index (χ3v) is 7.95. The van der Waals surface area contributed by atoms with Crippen LogP contribution in [0.1, 0.15) is 56.9 Å². The predicted molar refractivity (Wildman–Crippen MR) is 116 cm³/mol. The average molecular weight is 432 g/mol. The fourth-order valence-electron chi connectivity index (χ4n) is 5.64. The highest BCUT2D eigenvalue weighted by Crippen LogP contribution is 2.46. The Labute approximate surface area is 182 Å². The zero-order valence-corrected chi connectivity index (χ0v) is 18.3. The van der Waals surface area contributed by atoms with Gasteiger partial charge in [0.2, 0.25) is 11.8 Å². The number of halogens is 1. The van der Waals surface area contributed by atoms with E-state index in [1.54, 1.807) is 12.1 Å². The second-order valence-corrected chi connectivity index (χ2v) is 9.52. The van der Waals surface area contributed by atoms with Crippen LogP contribution in [0.15, 0.2) is 18.2 Å². The molecule has 1 aromatic rings. The number of imide groups is 1. The summed E-state index contributed by atoms with van der Waals surface area (Å²) in [6.07, 6.45) is 7.17. The van der Waals surface area contributed by atoms with E-state index in [-0.39, 0.29) is 24.1 Å². The summed E-state index contributed by atoms with van der Waals surface area (Å²) < 4.78 is 0. The number of nitrogens with zero attached hydrogens (tertiary/aromatic N) is 2. The number of hydrogen-bond donors (Lipinski definition) is 1. The van der Waals surface area contributed by atoms with Crippen LogP contribution in [0.4, 0.5) is 5.69 Å². The van der Waals surface area contributed by atoms with Gasteiger partial charge in [-0.2, -0.15) is 0 Å². The zero-order chi connectivity index (χ0) is 21.5. The second kappa shape index (κ2) is 8.31. The van der Waals surface area contributed by atoms with Crippen molar-refractivity contribution in [2.45, 2.75) is 64.3 Å². The van der Waals surface area contributed by atoms with Crippen molar-refractivity contribution in [3.63, 3.8) is 0 Å². The first-order valence-corrected chi connectivity index (χ1v) is 11.4. The lowest BCUT2D eigenvalue weighted by Gasteiger charge is -2.46. The molecule has 6 nitrogen and oxygen atoms in total. The van der Waals surface area contributed by atoms with Crippen LogP contribution in [-0.4, -0.2) is 41.8 Å². The highest BCUT2D eigenvalue weighted by Gasteiger charge is 2.50. The Kier molecular flexibility index (Phi) is 5.90. The fourth-order valence-corrected chi connectivity index (χ4v) is 5.81. The Morgan fingerprint density at radius 3 is 2.40 bits per heavy atom. The Balaban J connectivity index is 1.48. The molecule has 162 valence electrons. The molecular weight excluding hydrogens is 402 g/mol. The maximum atomic E-state index is 13.1. The van der Waals surface area contributed by atoms with E-state index in [0.717, 1.165) is 31.2 Å². The molecule has 2 aliphatic heterocycles. The molecule has 3 aliphatic rings. The van der Waals surface area contributed by atoms with Gasteiger partial charge < -0.3 is 5.73 Å². The summed E-state index contributed by atoms with van der Waals surface area (Å²) in [6, 6.07) is 4.77. The van der Waals surface area contributed by atoms with Gasteiger partial charge in [-0.3, -0.25) is 19.3 Å². The van der Waals surface area contributed by atoms with Crippen LogP contribution < -0.4 is 10.6 Å². The minimum absolute atomic E-state index is 0.164. The molecule has 1 atom stereocenters. The number of carbonyl (C=O) groups excluding carboxylic acids is 3. The van der Waals surface area contributed by atoms with Gasteiger partial charge in [0.25, 0.3) is 5.91 Å². The van der Waals surface area contributed by atoms with E-state index in [9.17, 15) is 14.4 Å². The number of hydrogen-bond acceptors (Lipinski definition) is 4. The van der Waals surface area contributed by atoms with Crippen LogP contribution in [0, 0.1) is 18.3 Å². The Morgan fingerprint density at radius 1 is 1.13 bits per heavy atom. The number of carbonyl (C=O) groups is 3. The molecule has 0 spiro atoms. The number of likely N-dealkylation sites (tertiary alicyclic amines) is 1. The third-order valence-electron chi connectivity index (χ3n) is 7.54. The van der Waals surface area contributed by atoms with E-state index in [1.807, 2.05) is 13.0 Å². The van der Waals surface area contributed by atoms with Gasteiger partial charge in [0.1, 0.15) is 0 Å². The number of amides is 3. The molecule has 1 aromatic carbocycles. The second-order valence-electron chi connectivity index (χ2n) is 9.11. The van der Waals surface area contributed by atoms with Crippen molar-refractivity contribution in [1.29, 1.82) is 0 Å². The number of aryl methyl sites for hydroxylation is 1. The normalized spacial score (nSPS) is 25.7. The molecule has 7 heteroatoms. The summed E-state index contributed by atoms with van der Waals surface area (Å²) in [7, 11) is 0. The van der Waals surface area contributed by atoms with Crippen LogP contribution in [0.3, 0.4) is 0 Å². The van der Waals surface area contributed by atoms with E-state index in [1.165, 1.54) is 11.3 Å². The number of benzene rings is 1. The van der Waals surface area contributed by atoms with E-state index < -0.39 is 11.5 Å². The van der Waals surface area contributed by atoms with Crippen molar-refractivity contribution in [2.75, 3.05) is 18.0 Å². The van der Waals surface area contributed by atoms with E-state index in [2.05, 4.69) is 4.90 Å². The Hall–Kier alpha value is -1.92. The van der Waals surface area contributed by atoms with Crippen molar-refractivity contribution in [3.8, 4) is 0 Å². The van der Waals surface area contributed by atoms with Gasteiger partial charge in [-0.15, -0.1) is 0 Å². The van der Waals surface area contributed by atoms with Crippen molar-refractivity contribution >= 4 is 35.0 Å². The van der Waals surface area contributed by atoms with Gasteiger partial charge in [0.15, 0.2) is 0 Å². The molecule has 3 amide bonds. The highest BCUT2D eigenvalue weighted by molar-refractivity contribution is 6.32. The largest absolute Gasteiger partial charge is 0.369 e. The summed E-state index contributed by atoms with van der Waals surface area (Å²) in [6.45, 7) is 3.12. The van der Waals surface area contributed by atoms with Crippen LogP contribution in [0.5, 0.6) is 0 Å². The number of primary amides is 1. The van der Waals surface area contributed by atoms with Crippen LogP contribution in [0.2, 0.25) is 5.02 Å². The molecule has 2 heterocycles. The molecule has 2 N–H and O–H groups in total. The van der Waals surface area contributed by atoms with Crippen molar-refractivity contribution in [2.24, 2.45) is 17.1 Å². The van der Waals surface area contributed by atoms with Gasteiger partial charge >= 0.3 is 0 Å². The summed E-state index contributed by atoms with van der Waals surface area (Å²) in [4.78, 5) is 41.6. The fraction of sp³-hybridized carbons (Fsp3) is 0.609. The van der Waals surface area contributed by atoms with Crippen LogP contribution in [-0.2, 0) is 14.4 Å². The Morgan fingerprint density at radius 2 is 1.80 bits per heavy atom. The van der Waals surface area contributed by atoms with Crippen molar-refractivity contribution < 1.29 is 14.4 Å². The first-order valence-electron chi connectivity index (χ1n) is 11.0. The van der Waals surface area contributed by atoms with Crippen LogP contribution in [0.25, 0.3) is 0 Å². The molecule has 4 rings (SSSR count). The van der Waals surface area contributed by atoms with E-state index >= 15 is 0 Å².